The van der Waals surface area contributed by atoms with Gasteiger partial charge in [0.1, 0.15) is 0 Å². The molecule has 2 N–H and O–H groups in total. The van der Waals surface area contributed by atoms with Crippen LogP contribution in [0.4, 0.5) is 5.69 Å². The van der Waals surface area contributed by atoms with Crippen molar-refractivity contribution in [2.75, 3.05) is 18.7 Å². The fourth-order valence-electron chi connectivity index (χ4n) is 2.03. The maximum atomic E-state index is 9.95. The van der Waals surface area contributed by atoms with Crippen LogP contribution in [0.15, 0.2) is 18.2 Å². The van der Waals surface area contributed by atoms with Crippen LogP contribution in [0.2, 0.25) is 0 Å². The van der Waals surface area contributed by atoms with E-state index in [1.54, 1.807) is 0 Å². The van der Waals surface area contributed by atoms with Crippen molar-refractivity contribution in [3.63, 3.8) is 0 Å². The van der Waals surface area contributed by atoms with E-state index in [0.717, 1.165) is 36.4 Å². The van der Waals surface area contributed by atoms with E-state index < -0.39 is 5.60 Å². The summed E-state index contributed by atoms with van der Waals surface area (Å²) in [5.74, 6) is 1.55. The lowest BCUT2D eigenvalue weighted by molar-refractivity contribution is -0.0202. The van der Waals surface area contributed by atoms with E-state index in [9.17, 15) is 5.11 Å². The summed E-state index contributed by atoms with van der Waals surface area (Å²) in [5, 5.41) is 13.2. The predicted octanol–water partition coefficient (Wildman–Crippen LogP) is 1.74. The molecule has 0 amide bonds. The van der Waals surface area contributed by atoms with E-state index in [1.807, 2.05) is 18.2 Å². The topological polar surface area (TPSA) is 50.7 Å². The number of benzene rings is 1. The van der Waals surface area contributed by atoms with E-state index in [-0.39, 0.29) is 0 Å². The Labute approximate surface area is 94.2 Å². The first-order valence-electron chi connectivity index (χ1n) is 5.61. The van der Waals surface area contributed by atoms with Gasteiger partial charge in [-0.15, -0.1) is 0 Å². The van der Waals surface area contributed by atoms with Crippen molar-refractivity contribution in [2.24, 2.45) is 0 Å². The molecule has 1 aromatic carbocycles. The molecule has 2 aliphatic rings. The van der Waals surface area contributed by atoms with E-state index in [1.165, 1.54) is 0 Å². The van der Waals surface area contributed by atoms with Gasteiger partial charge in [-0.3, -0.25) is 0 Å². The monoisotopic (exact) mass is 221 g/mol. The smallest absolute Gasteiger partial charge is 0.231 e. The Hall–Kier alpha value is -1.42. The zero-order chi connectivity index (χ0) is 11.0. The zero-order valence-corrected chi connectivity index (χ0v) is 9.03. The summed E-state index contributed by atoms with van der Waals surface area (Å²) in [7, 11) is 0. The Balaban J connectivity index is 1.66. The summed E-state index contributed by atoms with van der Waals surface area (Å²) in [6.45, 7) is 0.898. The highest BCUT2D eigenvalue weighted by Gasteiger charge is 2.33. The van der Waals surface area contributed by atoms with Crippen molar-refractivity contribution in [1.29, 1.82) is 0 Å². The summed E-state index contributed by atoms with van der Waals surface area (Å²) >= 11 is 0. The van der Waals surface area contributed by atoms with Crippen LogP contribution < -0.4 is 14.8 Å². The molecule has 1 aliphatic carbocycles. The van der Waals surface area contributed by atoms with Crippen LogP contribution in [-0.4, -0.2) is 24.0 Å². The standard InChI is InChI=1S/C12H15NO3/c14-12(4-1-5-12)7-13-9-2-3-10-11(6-9)16-8-15-10/h2-3,6,13-14H,1,4-5,7-8H2. The third kappa shape index (κ3) is 1.69. The van der Waals surface area contributed by atoms with Gasteiger partial charge in [-0.2, -0.15) is 0 Å². The van der Waals surface area contributed by atoms with E-state index in [4.69, 9.17) is 9.47 Å². The number of rotatable bonds is 3. The highest BCUT2D eigenvalue weighted by atomic mass is 16.7. The first-order valence-corrected chi connectivity index (χ1v) is 5.61. The predicted molar refractivity (Wildman–Crippen MR) is 59.9 cm³/mol. The van der Waals surface area contributed by atoms with Gasteiger partial charge in [-0.25, -0.2) is 0 Å². The highest BCUT2D eigenvalue weighted by molar-refractivity contribution is 5.55. The van der Waals surface area contributed by atoms with E-state index >= 15 is 0 Å². The summed E-state index contributed by atoms with van der Waals surface area (Å²) in [6, 6.07) is 5.73. The molecule has 0 radical (unpaired) electrons. The van der Waals surface area contributed by atoms with Crippen LogP contribution >= 0.6 is 0 Å². The minimum Gasteiger partial charge on any atom is -0.454 e. The highest BCUT2D eigenvalue weighted by Crippen LogP contribution is 2.35. The van der Waals surface area contributed by atoms with Crippen LogP contribution in [0.25, 0.3) is 0 Å². The Morgan fingerprint density at radius 2 is 2.06 bits per heavy atom. The number of anilines is 1. The second-order valence-corrected chi connectivity index (χ2v) is 4.50. The molecular weight excluding hydrogens is 206 g/mol. The second-order valence-electron chi connectivity index (χ2n) is 4.50. The summed E-state index contributed by atoms with van der Waals surface area (Å²) in [5.41, 5.74) is 0.459. The molecule has 1 saturated carbocycles. The van der Waals surface area contributed by atoms with E-state index in [2.05, 4.69) is 5.32 Å². The lowest BCUT2D eigenvalue weighted by Gasteiger charge is -2.36. The quantitative estimate of drug-likeness (QED) is 0.816. The molecule has 0 saturated heterocycles. The van der Waals surface area contributed by atoms with Gasteiger partial charge in [-0.05, 0) is 31.4 Å². The number of ether oxygens (including phenoxy) is 2. The molecule has 1 aromatic rings. The summed E-state index contributed by atoms with van der Waals surface area (Å²) < 4.78 is 10.5. The van der Waals surface area contributed by atoms with Gasteiger partial charge in [0, 0.05) is 18.3 Å². The van der Waals surface area contributed by atoms with Crippen LogP contribution in [0.1, 0.15) is 19.3 Å². The van der Waals surface area contributed by atoms with Crippen LogP contribution in [-0.2, 0) is 0 Å². The average Bonchev–Trinajstić information content (AvgIpc) is 2.70. The Morgan fingerprint density at radius 3 is 2.81 bits per heavy atom. The Bertz CT molecular complexity index is 401. The minimum atomic E-state index is -0.504. The van der Waals surface area contributed by atoms with Crippen LogP contribution in [0, 0.1) is 0 Å². The maximum Gasteiger partial charge on any atom is 0.231 e. The molecule has 0 bridgehead atoms. The third-order valence-electron chi connectivity index (χ3n) is 3.28. The number of aliphatic hydroxyl groups is 1. The fourth-order valence-corrected chi connectivity index (χ4v) is 2.03. The van der Waals surface area contributed by atoms with Gasteiger partial charge >= 0.3 is 0 Å². The van der Waals surface area contributed by atoms with Crippen LogP contribution in [0.3, 0.4) is 0 Å². The van der Waals surface area contributed by atoms with E-state index in [0.29, 0.717) is 13.3 Å². The largest absolute Gasteiger partial charge is 0.454 e. The second kappa shape index (κ2) is 3.56. The molecule has 0 unspecified atom stereocenters. The number of fused-ring (bicyclic) bond motifs is 1. The van der Waals surface area contributed by atoms with Crippen molar-refractivity contribution < 1.29 is 14.6 Å². The minimum absolute atomic E-state index is 0.294. The van der Waals surface area contributed by atoms with Gasteiger partial charge in [0.2, 0.25) is 6.79 Å². The first-order chi connectivity index (χ1) is 7.75. The molecule has 3 rings (SSSR count). The fraction of sp³-hybridized carbons (Fsp3) is 0.500. The van der Waals surface area contributed by atoms with Gasteiger partial charge in [0.15, 0.2) is 11.5 Å². The molecule has 0 spiro atoms. The van der Waals surface area contributed by atoms with Crippen molar-refractivity contribution in [1.82, 2.24) is 0 Å². The van der Waals surface area contributed by atoms with Gasteiger partial charge in [0.25, 0.3) is 0 Å². The molecule has 86 valence electrons. The third-order valence-corrected chi connectivity index (χ3v) is 3.28. The Morgan fingerprint density at radius 1 is 1.25 bits per heavy atom. The summed E-state index contributed by atoms with van der Waals surface area (Å²) in [6.07, 6.45) is 2.91. The lowest BCUT2D eigenvalue weighted by Crippen LogP contribution is -2.43. The molecular formula is C12H15NO3. The molecule has 1 heterocycles. The van der Waals surface area contributed by atoms with Crippen molar-refractivity contribution in [3.8, 4) is 11.5 Å². The first kappa shape index (κ1) is 9.78. The maximum absolute atomic E-state index is 9.95. The Kier molecular flexibility index (Phi) is 2.17. The molecule has 16 heavy (non-hydrogen) atoms. The van der Waals surface area contributed by atoms with Crippen molar-refractivity contribution in [2.45, 2.75) is 24.9 Å². The molecule has 4 nitrogen and oxygen atoms in total. The molecule has 0 atom stereocenters. The van der Waals surface area contributed by atoms with Gasteiger partial charge in [-0.1, -0.05) is 0 Å². The molecule has 0 aromatic heterocycles. The number of nitrogens with one attached hydrogen (secondary N) is 1. The molecule has 1 fully saturated rings. The zero-order valence-electron chi connectivity index (χ0n) is 9.03. The number of hydrogen-bond donors (Lipinski definition) is 2. The normalized spacial score (nSPS) is 20.3. The van der Waals surface area contributed by atoms with Crippen LogP contribution in [0.5, 0.6) is 11.5 Å². The van der Waals surface area contributed by atoms with Gasteiger partial charge < -0.3 is 19.9 Å². The summed E-state index contributed by atoms with van der Waals surface area (Å²) in [4.78, 5) is 0. The van der Waals surface area contributed by atoms with Crippen molar-refractivity contribution >= 4 is 5.69 Å². The molecule has 4 heteroatoms. The SMILES string of the molecule is OC1(CNc2ccc3c(c2)OCO3)CCC1. The lowest BCUT2D eigenvalue weighted by atomic mass is 9.80. The van der Waals surface area contributed by atoms with Crippen molar-refractivity contribution in [3.05, 3.63) is 18.2 Å². The average molecular weight is 221 g/mol. The van der Waals surface area contributed by atoms with Gasteiger partial charge in [0.05, 0.1) is 5.60 Å². The molecule has 1 aliphatic heterocycles. The number of hydrogen-bond acceptors (Lipinski definition) is 4.